The van der Waals surface area contributed by atoms with Gasteiger partial charge in [0.25, 0.3) is 0 Å². The van der Waals surface area contributed by atoms with Gasteiger partial charge < -0.3 is 19.7 Å². The van der Waals surface area contributed by atoms with E-state index >= 15 is 0 Å². The van der Waals surface area contributed by atoms with Crippen LogP contribution in [0.25, 0.3) is 0 Å². The van der Waals surface area contributed by atoms with Crippen molar-refractivity contribution >= 4 is 23.2 Å². The molecule has 0 unspecified atom stereocenters. The number of anilines is 1. The summed E-state index contributed by atoms with van der Waals surface area (Å²) in [6, 6.07) is 4.12. The lowest BCUT2D eigenvalue weighted by Gasteiger charge is -2.37. The topological polar surface area (TPSA) is 50.8 Å². The normalized spacial score (nSPS) is 20.4. The summed E-state index contributed by atoms with van der Waals surface area (Å²) in [6.07, 6.45) is 1.37. The van der Waals surface area contributed by atoms with E-state index in [0.29, 0.717) is 49.9 Å². The van der Waals surface area contributed by atoms with E-state index in [-0.39, 0.29) is 12.5 Å². The average Bonchev–Trinajstić information content (AvgIpc) is 2.93. The third-order valence-electron chi connectivity index (χ3n) is 4.00. The molecule has 1 aromatic rings. The average molecular weight is 329 g/mol. The summed E-state index contributed by atoms with van der Waals surface area (Å²) in [5, 5.41) is 3.20. The van der Waals surface area contributed by atoms with Crippen LogP contribution in [-0.2, 0) is 14.3 Å². The van der Waals surface area contributed by atoms with Crippen molar-refractivity contribution in [2.45, 2.75) is 18.6 Å². The van der Waals surface area contributed by atoms with Gasteiger partial charge in [0.2, 0.25) is 5.91 Å². The number of benzene rings is 1. The Hall–Kier alpha value is -1.37. The van der Waals surface area contributed by atoms with Crippen molar-refractivity contribution in [3.63, 3.8) is 0 Å². The van der Waals surface area contributed by atoms with Gasteiger partial charge >= 0.3 is 0 Å². The van der Waals surface area contributed by atoms with Gasteiger partial charge in [0.15, 0.2) is 5.79 Å². The van der Waals surface area contributed by atoms with Crippen LogP contribution in [0, 0.1) is 5.82 Å². The smallest absolute Gasteiger partial charge is 0.241 e. The van der Waals surface area contributed by atoms with Crippen LogP contribution < -0.4 is 5.32 Å². The molecule has 0 atom stereocenters. The maximum atomic E-state index is 13.2. The lowest BCUT2D eigenvalue weighted by Crippen LogP contribution is -2.48. The molecule has 3 rings (SSSR count). The van der Waals surface area contributed by atoms with Crippen LogP contribution in [0.4, 0.5) is 10.1 Å². The molecule has 2 heterocycles. The molecule has 1 spiro atoms. The Morgan fingerprint density at radius 1 is 1.27 bits per heavy atom. The van der Waals surface area contributed by atoms with Crippen molar-refractivity contribution in [1.29, 1.82) is 0 Å². The second-order valence-corrected chi connectivity index (χ2v) is 5.94. The molecule has 0 saturated carbocycles. The van der Waals surface area contributed by atoms with E-state index in [1.165, 1.54) is 12.1 Å². The molecule has 1 aromatic carbocycles. The third-order valence-corrected chi connectivity index (χ3v) is 4.22. The predicted molar refractivity (Wildman–Crippen MR) is 80.3 cm³/mol. The molecule has 120 valence electrons. The van der Waals surface area contributed by atoms with Crippen LogP contribution in [0.1, 0.15) is 12.8 Å². The van der Waals surface area contributed by atoms with Gasteiger partial charge in [-0.2, -0.15) is 0 Å². The highest BCUT2D eigenvalue weighted by molar-refractivity contribution is 6.30. The number of hydrogen-bond donors (Lipinski definition) is 1. The van der Waals surface area contributed by atoms with E-state index in [2.05, 4.69) is 5.32 Å². The highest BCUT2D eigenvalue weighted by atomic mass is 35.5. The summed E-state index contributed by atoms with van der Waals surface area (Å²) in [5.74, 6) is -0.952. The summed E-state index contributed by atoms with van der Waals surface area (Å²) in [6.45, 7) is 2.55. The number of hydrogen-bond acceptors (Lipinski definition) is 4. The quantitative estimate of drug-likeness (QED) is 0.924. The molecular weight excluding hydrogens is 311 g/mol. The Balaban J connectivity index is 1.50. The lowest BCUT2D eigenvalue weighted by molar-refractivity contribution is -0.187. The van der Waals surface area contributed by atoms with E-state index in [4.69, 9.17) is 21.1 Å². The van der Waals surface area contributed by atoms with E-state index < -0.39 is 11.6 Å². The molecule has 2 aliphatic rings. The summed E-state index contributed by atoms with van der Waals surface area (Å²) in [5.41, 5.74) is 0.495. The maximum Gasteiger partial charge on any atom is 0.241 e. The van der Waals surface area contributed by atoms with E-state index in [0.717, 1.165) is 0 Å². The van der Waals surface area contributed by atoms with Crippen molar-refractivity contribution in [3.8, 4) is 0 Å². The fraction of sp³-hybridized carbons (Fsp3) is 0.533. The number of ether oxygens (including phenoxy) is 2. The van der Waals surface area contributed by atoms with Crippen molar-refractivity contribution in [2.24, 2.45) is 0 Å². The number of piperidine rings is 1. The van der Waals surface area contributed by atoms with Crippen LogP contribution in [0.3, 0.4) is 0 Å². The first kappa shape index (κ1) is 15.5. The Labute approximate surface area is 133 Å². The number of carbonyl (C=O) groups is 1. The molecule has 0 radical (unpaired) electrons. The van der Waals surface area contributed by atoms with Crippen molar-refractivity contribution < 1.29 is 18.7 Å². The van der Waals surface area contributed by atoms with Crippen molar-refractivity contribution in [1.82, 2.24) is 4.90 Å². The van der Waals surface area contributed by atoms with E-state index in [1.807, 2.05) is 0 Å². The first-order valence-electron chi connectivity index (χ1n) is 7.32. The van der Waals surface area contributed by atoms with Crippen molar-refractivity contribution in [2.75, 3.05) is 38.2 Å². The van der Waals surface area contributed by atoms with Gasteiger partial charge in [-0.3, -0.25) is 4.79 Å². The van der Waals surface area contributed by atoms with Crippen LogP contribution >= 0.6 is 11.6 Å². The number of nitrogens with zero attached hydrogens (tertiary/aromatic N) is 1. The largest absolute Gasteiger partial charge is 0.376 e. The zero-order valence-corrected chi connectivity index (χ0v) is 12.9. The minimum Gasteiger partial charge on any atom is -0.376 e. The third kappa shape index (κ3) is 3.51. The predicted octanol–water partition coefficient (Wildman–Crippen LogP) is 2.26. The zero-order valence-electron chi connectivity index (χ0n) is 12.1. The Morgan fingerprint density at radius 2 is 1.95 bits per heavy atom. The van der Waals surface area contributed by atoms with Gasteiger partial charge in [-0.15, -0.1) is 0 Å². The lowest BCUT2D eigenvalue weighted by atomic mass is 10.0. The summed E-state index contributed by atoms with van der Waals surface area (Å²) in [7, 11) is 0. The molecule has 1 amide bonds. The Kier molecular flexibility index (Phi) is 4.52. The molecule has 2 saturated heterocycles. The van der Waals surface area contributed by atoms with Gasteiger partial charge in [0.1, 0.15) is 5.82 Å². The SMILES string of the molecule is O=C(CNc1cc(F)cc(Cl)c1)N1CCC2(CC1)OCCO2. The summed E-state index contributed by atoms with van der Waals surface area (Å²) < 4.78 is 24.5. The number of nitrogens with one attached hydrogen (secondary N) is 1. The zero-order chi connectivity index (χ0) is 15.6. The maximum absolute atomic E-state index is 13.2. The number of likely N-dealkylation sites (tertiary alicyclic amines) is 1. The van der Waals surface area contributed by atoms with Crippen LogP contribution in [-0.4, -0.2) is 49.4 Å². The summed E-state index contributed by atoms with van der Waals surface area (Å²) >= 11 is 5.78. The number of halogens is 2. The highest BCUT2D eigenvalue weighted by Gasteiger charge is 2.40. The molecule has 2 aliphatic heterocycles. The molecule has 0 bridgehead atoms. The molecule has 22 heavy (non-hydrogen) atoms. The number of rotatable bonds is 3. The molecule has 7 heteroatoms. The molecule has 0 aliphatic carbocycles. The first-order chi connectivity index (χ1) is 10.6. The van der Waals surface area contributed by atoms with Gasteiger partial charge in [0, 0.05) is 36.6 Å². The standard InChI is InChI=1S/C15H18ClFN2O3/c16-11-7-12(17)9-13(8-11)18-10-14(20)19-3-1-15(2-4-19)21-5-6-22-15/h7-9,18H,1-6,10H2. The summed E-state index contributed by atoms with van der Waals surface area (Å²) in [4.78, 5) is 14.0. The van der Waals surface area contributed by atoms with Crippen molar-refractivity contribution in [3.05, 3.63) is 29.0 Å². The first-order valence-corrected chi connectivity index (χ1v) is 7.70. The second-order valence-electron chi connectivity index (χ2n) is 5.50. The Morgan fingerprint density at radius 3 is 2.59 bits per heavy atom. The van der Waals surface area contributed by atoms with E-state index in [1.54, 1.807) is 11.0 Å². The fourth-order valence-electron chi connectivity index (χ4n) is 2.83. The Bertz CT molecular complexity index is 533. The molecule has 0 aromatic heterocycles. The van der Waals surface area contributed by atoms with E-state index in [9.17, 15) is 9.18 Å². The molecule has 2 fully saturated rings. The second kappa shape index (κ2) is 6.40. The molecular formula is C15H18ClFN2O3. The van der Waals surface area contributed by atoms with Crippen LogP contribution in [0.15, 0.2) is 18.2 Å². The monoisotopic (exact) mass is 328 g/mol. The number of amides is 1. The highest BCUT2D eigenvalue weighted by Crippen LogP contribution is 2.31. The van der Waals surface area contributed by atoms with Crippen LogP contribution in [0.2, 0.25) is 5.02 Å². The van der Waals surface area contributed by atoms with Gasteiger partial charge in [0.05, 0.1) is 19.8 Å². The number of carbonyl (C=O) groups excluding carboxylic acids is 1. The minimum absolute atomic E-state index is 0.0340. The van der Waals surface area contributed by atoms with Gasteiger partial charge in [-0.25, -0.2) is 4.39 Å². The van der Waals surface area contributed by atoms with Gasteiger partial charge in [-0.05, 0) is 18.2 Å². The van der Waals surface area contributed by atoms with Crippen LogP contribution in [0.5, 0.6) is 0 Å². The minimum atomic E-state index is -0.486. The fourth-order valence-corrected chi connectivity index (χ4v) is 3.05. The molecule has 1 N–H and O–H groups in total. The van der Waals surface area contributed by atoms with Gasteiger partial charge in [-0.1, -0.05) is 11.6 Å². The molecule has 5 nitrogen and oxygen atoms in total.